The lowest BCUT2D eigenvalue weighted by molar-refractivity contribution is -0.161. The number of hydrogen-bond acceptors (Lipinski definition) is 10. The molecule has 0 saturated heterocycles. The molecule has 3 atom stereocenters. The molecule has 12 heteroatoms. The molecule has 0 aliphatic carbocycles. The van der Waals surface area contributed by atoms with E-state index >= 15 is 0 Å². The lowest BCUT2D eigenvalue weighted by Crippen LogP contribution is -2.30. The molecule has 0 radical (unpaired) electrons. The largest absolute Gasteiger partial charge is 0.472 e. The summed E-state index contributed by atoms with van der Waals surface area (Å²) in [5.74, 6) is -1.43. The van der Waals surface area contributed by atoms with Crippen LogP contribution in [0.3, 0.4) is 0 Å². The minimum absolute atomic E-state index is 0.169. The first-order valence-electron chi connectivity index (χ1n) is 33.2. The molecular formula is C66H125O11P. The Morgan fingerprint density at radius 3 is 0.974 bits per heavy atom. The number of rotatable bonds is 63. The summed E-state index contributed by atoms with van der Waals surface area (Å²) in [5.41, 5.74) is 0. The standard InChI is InChI=1S/C66H125O11P/c1-4-7-10-13-16-19-22-25-28-30-31-33-36-39-42-45-48-51-54-57-66(70)77-63(59-73-64(68)55-52-49-46-43-40-37-35-32-29-26-23-20-17-14-11-8-5-2)61-75-78(71,72)74-60-62(58-67)76-65(69)56-53-50-47-44-41-38-34-27-24-21-18-15-12-9-6-3/h16,19,25,28,62-63,67H,4-15,17-18,20-24,26-27,29-61H2,1-3H3,(H,71,72)/b19-16-,28-25-. The highest BCUT2D eigenvalue weighted by Crippen LogP contribution is 2.43. The van der Waals surface area contributed by atoms with Gasteiger partial charge < -0.3 is 24.2 Å². The maximum Gasteiger partial charge on any atom is 0.472 e. The number of ether oxygens (including phenoxy) is 3. The summed E-state index contributed by atoms with van der Waals surface area (Å²) < 4.78 is 39.7. The van der Waals surface area contributed by atoms with E-state index in [1.807, 2.05) is 0 Å². The van der Waals surface area contributed by atoms with Gasteiger partial charge in [-0.1, -0.05) is 295 Å². The Balaban J connectivity index is 4.65. The van der Waals surface area contributed by atoms with Crippen molar-refractivity contribution in [3.63, 3.8) is 0 Å². The Bertz CT molecular complexity index is 1400. The van der Waals surface area contributed by atoms with Crippen LogP contribution in [0.2, 0.25) is 0 Å². The van der Waals surface area contributed by atoms with E-state index < -0.39 is 57.8 Å². The minimum Gasteiger partial charge on any atom is -0.462 e. The zero-order valence-corrected chi connectivity index (χ0v) is 52.1. The monoisotopic (exact) mass is 1120 g/mol. The number of carbonyl (C=O) groups excluding carboxylic acids is 3. The Morgan fingerprint density at radius 2 is 0.628 bits per heavy atom. The summed E-state index contributed by atoms with van der Waals surface area (Å²) in [5, 5.41) is 9.85. The van der Waals surface area contributed by atoms with Gasteiger partial charge >= 0.3 is 25.7 Å². The van der Waals surface area contributed by atoms with Crippen LogP contribution in [0.25, 0.3) is 0 Å². The highest BCUT2D eigenvalue weighted by molar-refractivity contribution is 7.47. The molecule has 0 aromatic rings. The third-order valence-corrected chi connectivity index (χ3v) is 15.8. The third-order valence-electron chi connectivity index (χ3n) is 14.9. The molecule has 0 spiro atoms. The smallest absolute Gasteiger partial charge is 0.462 e. The number of carbonyl (C=O) groups is 3. The summed E-state index contributed by atoms with van der Waals surface area (Å²) in [6.07, 6.45) is 64.1. The van der Waals surface area contributed by atoms with Gasteiger partial charge in [-0.05, 0) is 51.4 Å². The number of aliphatic hydroxyl groups is 1. The van der Waals surface area contributed by atoms with E-state index in [1.165, 1.54) is 212 Å². The van der Waals surface area contributed by atoms with Crippen molar-refractivity contribution in [3.05, 3.63) is 24.3 Å². The van der Waals surface area contributed by atoms with Crippen LogP contribution in [0.1, 0.15) is 342 Å². The SMILES string of the molecule is CCCCC/C=C\C/C=C\CCCCCCCCCCCC(=O)OC(COC(=O)CCCCCCCCCCCCCCCCCCC)COP(=O)(O)OCC(CO)OC(=O)CCCCCCCCCCCCCCCCC. The van der Waals surface area contributed by atoms with Gasteiger partial charge in [0, 0.05) is 19.3 Å². The number of phosphoric acid groups is 1. The molecule has 0 aliphatic rings. The molecule has 0 fully saturated rings. The molecule has 11 nitrogen and oxygen atoms in total. The molecule has 78 heavy (non-hydrogen) atoms. The fourth-order valence-corrected chi connectivity index (χ4v) is 10.6. The first-order chi connectivity index (χ1) is 38.2. The van der Waals surface area contributed by atoms with Gasteiger partial charge in [-0.25, -0.2) is 4.57 Å². The number of unbranched alkanes of at least 4 members (excludes halogenated alkanes) is 42. The van der Waals surface area contributed by atoms with Gasteiger partial charge in [0.1, 0.15) is 12.7 Å². The van der Waals surface area contributed by atoms with E-state index in [1.54, 1.807) is 0 Å². The van der Waals surface area contributed by atoms with Crippen molar-refractivity contribution in [2.24, 2.45) is 0 Å². The Morgan fingerprint density at radius 1 is 0.359 bits per heavy atom. The van der Waals surface area contributed by atoms with Crippen LogP contribution in [-0.2, 0) is 42.2 Å². The molecule has 0 saturated carbocycles. The second-order valence-corrected chi connectivity index (χ2v) is 24.1. The van der Waals surface area contributed by atoms with Crippen molar-refractivity contribution in [1.29, 1.82) is 0 Å². The lowest BCUT2D eigenvalue weighted by atomic mass is 10.0. The van der Waals surface area contributed by atoms with E-state index in [-0.39, 0.29) is 25.9 Å². The second-order valence-electron chi connectivity index (χ2n) is 22.7. The summed E-state index contributed by atoms with van der Waals surface area (Å²) >= 11 is 0. The van der Waals surface area contributed by atoms with Crippen molar-refractivity contribution in [2.45, 2.75) is 354 Å². The highest BCUT2D eigenvalue weighted by Gasteiger charge is 2.28. The van der Waals surface area contributed by atoms with Gasteiger partial charge in [0.25, 0.3) is 0 Å². The van der Waals surface area contributed by atoms with Gasteiger partial charge in [0.2, 0.25) is 0 Å². The summed E-state index contributed by atoms with van der Waals surface area (Å²) in [7, 11) is -4.75. The number of phosphoric ester groups is 1. The average Bonchev–Trinajstić information content (AvgIpc) is 3.43. The highest BCUT2D eigenvalue weighted by atomic mass is 31.2. The van der Waals surface area contributed by atoms with Crippen molar-refractivity contribution < 1.29 is 52.2 Å². The van der Waals surface area contributed by atoms with Crippen LogP contribution in [0.4, 0.5) is 0 Å². The third kappa shape index (κ3) is 58.6. The number of hydrogen-bond donors (Lipinski definition) is 2. The molecule has 0 amide bonds. The first-order valence-corrected chi connectivity index (χ1v) is 34.7. The fraction of sp³-hybridized carbons (Fsp3) is 0.894. The zero-order chi connectivity index (χ0) is 56.9. The number of esters is 3. The van der Waals surface area contributed by atoms with E-state index in [9.17, 15) is 28.9 Å². The summed E-state index contributed by atoms with van der Waals surface area (Å²) in [6.45, 7) is 4.71. The molecule has 460 valence electrons. The van der Waals surface area contributed by atoms with Crippen LogP contribution < -0.4 is 0 Å². The minimum atomic E-state index is -4.75. The molecule has 0 aromatic heterocycles. The maximum atomic E-state index is 13.0. The quantitative estimate of drug-likeness (QED) is 0.0197. The molecule has 3 unspecified atom stereocenters. The van der Waals surface area contributed by atoms with E-state index in [0.717, 1.165) is 70.6 Å². The van der Waals surface area contributed by atoms with Crippen LogP contribution in [-0.4, -0.2) is 66.5 Å². The molecule has 0 rings (SSSR count). The van der Waals surface area contributed by atoms with Gasteiger partial charge in [0.15, 0.2) is 6.10 Å². The van der Waals surface area contributed by atoms with Crippen LogP contribution >= 0.6 is 7.82 Å². The molecular weight excluding hydrogens is 1000 g/mol. The predicted molar refractivity (Wildman–Crippen MR) is 326 cm³/mol. The summed E-state index contributed by atoms with van der Waals surface area (Å²) in [4.78, 5) is 48.8. The van der Waals surface area contributed by atoms with Gasteiger partial charge in [0.05, 0.1) is 19.8 Å². The average molecular weight is 1130 g/mol. The van der Waals surface area contributed by atoms with Crippen molar-refractivity contribution in [3.8, 4) is 0 Å². The van der Waals surface area contributed by atoms with E-state index in [0.29, 0.717) is 19.3 Å². The van der Waals surface area contributed by atoms with Crippen LogP contribution in [0, 0.1) is 0 Å². The topological polar surface area (TPSA) is 155 Å². The van der Waals surface area contributed by atoms with Gasteiger partial charge in [-0.2, -0.15) is 0 Å². The normalized spacial score (nSPS) is 13.3. The van der Waals surface area contributed by atoms with Gasteiger partial charge in [-0.15, -0.1) is 0 Å². The number of aliphatic hydroxyl groups excluding tert-OH is 1. The van der Waals surface area contributed by atoms with Gasteiger partial charge in [-0.3, -0.25) is 23.4 Å². The van der Waals surface area contributed by atoms with Crippen molar-refractivity contribution >= 4 is 25.7 Å². The molecule has 2 N–H and O–H groups in total. The summed E-state index contributed by atoms with van der Waals surface area (Å²) in [6, 6.07) is 0. The maximum absolute atomic E-state index is 13.0. The van der Waals surface area contributed by atoms with Crippen molar-refractivity contribution in [1.82, 2.24) is 0 Å². The predicted octanol–water partition coefficient (Wildman–Crippen LogP) is 20.2. The zero-order valence-electron chi connectivity index (χ0n) is 51.2. The number of allylic oxidation sites excluding steroid dienone is 4. The molecule has 0 heterocycles. The van der Waals surface area contributed by atoms with Crippen molar-refractivity contribution in [2.75, 3.05) is 26.4 Å². The molecule has 0 bridgehead atoms. The second kappa shape index (κ2) is 61.0. The Kier molecular flexibility index (Phi) is 59.4. The Hall–Kier alpha value is -2.04. The molecule has 0 aliphatic heterocycles. The fourth-order valence-electron chi connectivity index (χ4n) is 9.80. The molecule has 0 aromatic carbocycles. The van der Waals surface area contributed by atoms with Crippen LogP contribution in [0.15, 0.2) is 24.3 Å². The lowest BCUT2D eigenvalue weighted by Gasteiger charge is -2.21. The first kappa shape index (κ1) is 76.0. The van der Waals surface area contributed by atoms with E-state index in [2.05, 4.69) is 45.1 Å². The Labute approximate surface area is 480 Å². The van der Waals surface area contributed by atoms with Crippen LogP contribution in [0.5, 0.6) is 0 Å². The van der Waals surface area contributed by atoms with E-state index in [4.69, 9.17) is 23.3 Å².